The van der Waals surface area contributed by atoms with Gasteiger partial charge in [-0.25, -0.2) is 0 Å². The van der Waals surface area contributed by atoms with E-state index in [2.05, 4.69) is 35.9 Å². The zero-order valence-electron chi connectivity index (χ0n) is 13.0. The van der Waals surface area contributed by atoms with Crippen LogP contribution in [0.15, 0.2) is 47.5 Å². The Morgan fingerprint density at radius 2 is 1.77 bits per heavy atom. The minimum absolute atomic E-state index is 0.173. The highest BCUT2D eigenvalue weighted by molar-refractivity contribution is 6.30. The third kappa shape index (κ3) is 4.58. The lowest BCUT2D eigenvalue weighted by molar-refractivity contribution is 0.296. The van der Waals surface area contributed by atoms with Crippen LogP contribution in [0.1, 0.15) is 25.0 Å². The van der Waals surface area contributed by atoms with Gasteiger partial charge in [-0.15, -0.1) is 0 Å². The van der Waals surface area contributed by atoms with E-state index >= 15 is 0 Å². The summed E-state index contributed by atoms with van der Waals surface area (Å²) in [7, 11) is 0. The molecule has 2 rings (SSSR count). The second kappa shape index (κ2) is 7.97. The van der Waals surface area contributed by atoms with Gasteiger partial charge in [-0.05, 0) is 49.0 Å². The van der Waals surface area contributed by atoms with Crippen LogP contribution in [0.3, 0.4) is 0 Å². The van der Waals surface area contributed by atoms with Crippen molar-refractivity contribution in [2.75, 3.05) is 13.1 Å². The molecule has 0 aromatic heterocycles. The average Bonchev–Trinajstić information content (AvgIpc) is 2.54. The van der Waals surface area contributed by atoms with Gasteiger partial charge in [0.05, 0.1) is 5.69 Å². The Kier molecular flexibility index (Phi) is 5.99. The predicted molar refractivity (Wildman–Crippen MR) is 93.4 cm³/mol. The Hall–Kier alpha value is -1.84. The van der Waals surface area contributed by atoms with Crippen molar-refractivity contribution in [1.29, 1.82) is 0 Å². The predicted octanol–water partition coefficient (Wildman–Crippen LogP) is 4.64. The lowest BCUT2D eigenvalue weighted by Crippen LogP contribution is -2.21. The molecule has 4 heteroatoms. The summed E-state index contributed by atoms with van der Waals surface area (Å²) >= 11 is 5.92. The third-order valence-electron chi connectivity index (χ3n) is 3.58. The molecule has 2 aromatic rings. The van der Waals surface area contributed by atoms with Gasteiger partial charge in [-0.1, -0.05) is 37.6 Å². The maximum atomic E-state index is 9.76. The van der Waals surface area contributed by atoms with Crippen LogP contribution in [0.25, 0.3) is 0 Å². The molecule has 0 aliphatic carbocycles. The van der Waals surface area contributed by atoms with Crippen LogP contribution in [0.4, 0.5) is 5.69 Å². The average molecular weight is 317 g/mol. The summed E-state index contributed by atoms with van der Waals surface area (Å²) < 4.78 is 0. The molecule has 0 heterocycles. The van der Waals surface area contributed by atoms with Crippen LogP contribution in [-0.2, 0) is 6.54 Å². The number of hydrogen-bond acceptors (Lipinski definition) is 3. The van der Waals surface area contributed by atoms with Crippen LogP contribution < -0.4 is 0 Å². The second-order valence-electron chi connectivity index (χ2n) is 5.09. The van der Waals surface area contributed by atoms with E-state index in [1.54, 1.807) is 24.4 Å². The number of hydrogen-bond donors (Lipinski definition) is 1. The number of aromatic hydroxyl groups is 1. The number of halogens is 1. The first-order chi connectivity index (χ1) is 10.6. The standard InChI is InChI=1S/C18H21ClN2O/c1-3-21(4-2)13-14-5-8-17(9-6-14)20-12-15-11-16(19)7-10-18(15)22/h5-12,22H,3-4,13H2,1-2H3. The van der Waals surface area contributed by atoms with Gasteiger partial charge < -0.3 is 5.11 Å². The van der Waals surface area contributed by atoms with Gasteiger partial charge in [-0.2, -0.15) is 0 Å². The molecule has 0 aliphatic rings. The van der Waals surface area contributed by atoms with Crippen LogP contribution in [0, 0.1) is 0 Å². The Morgan fingerprint density at radius 1 is 1.09 bits per heavy atom. The van der Waals surface area contributed by atoms with E-state index in [0.29, 0.717) is 10.6 Å². The van der Waals surface area contributed by atoms with Crippen LogP contribution in [0.5, 0.6) is 5.75 Å². The normalized spacial score (nSPS) is 11.5. The van der Waals surface area contributed by atoms with E-state index in [9.17, 15) is 5.11 Å². The molecule has 2 aromatic carbocycles. The molecule has 0 unspecified atom stereocenters. The van der Waals surface area contributed by atoms with Crippen molar-refractivity contribution in [2.45, 2.75) is 20.4 Å². The number of phenolic OH excluding ortho intramolecular Hbond substituents is 1. The van der Waals surface area contributed by atoms with Crippen molar-refractivity contribution in [3.63, 3.8) is 0 Å². The fraction of sp³-hybridized carbons (Fsp3) is 0.278. The van der Waals surface area contributed by atoms with Crippen LogP contribution >= 0.6 is 11.6 Å². The Balaban J connectivity index is 2.07. The smallest absolute Gasteiger partial charge is 0.124 e. The molecule has 0 amide bonds. The van der Waals surface area contributed by atoms with Crippen molar-refractivity contribution in [1.82, 2.24) is 4.90 Å². The largest absolute Gasteiger partial charge is 0.507 e. The van der Waals surface area contributed by atoms with E-state index < -0.39 is 0 Å². The molecule has 0 fully saturated rings. The molecular formula is C18H21ClN2O. The zero-order chi connectivity index (χ0) is 15.9. The fourth-order valence-corrected chi connectivity index (χ4v) is 2.35. The molecule has 0 saturated heterocycles. The topological polar surface area (TPSA) is 35.8 Å². The monoisotopic (exact) mass is 316 g/mol. The summed E-state index contributed by atoms with van der Waals surface area (Å²) in [5.41, 5.74) is 2.73. The van der Waals surface area contributed by atoms with E-state index in [0.717, 1.165) is 25.3 Å². The van der Waals surface area contributed by atoms with Gasteiger partial charge in [-0.3, -0.25) is 9.89 Å². The molecule has 0 radical (unpaired) electrons. The summed E-state index contributed by atoms with van der Waals surface area (Å²) in [4.78, 5) is 6.75. The summed E-state index contributed by atoms with van der Waals surface area (Å²) in [5, 5.41) is 10.3. The molecule has 3 nitrogen and oxygen atoms in total. The summed E-state index contributed by atoms with van der Waals surface area (Å²) in [6, 6.07) is 13.0. The van der Waals surface area contributed by atoms with Crippen LogP contribution in [0.2, 0.25) is 5.02 Å². The van der Waals surface area contributed by atoms with Gasteiger partial charge >= 0.3 is 0 Å². The Bertz CT molecular complexity index is 634. The number of nitrogens with zero attached hydrogens (tertiary/aromatic N) is 2. The van der Waals surface area contributed by atoms with Crippen molar-refractivity contribution in [3.05, 3.63) is 58.6 Å². The van der Waals surface area contributed by atoms with E-state index in [-0.39, 0.29) is 5.75 Å². The minimum atomic E-state index is 0.173. The maximum absolute atomic E-state index is 9.76. The quantitative estimate of drug-likeness (QED) is 0.788. The highest BCUT2D eigenvalue weighted by atomic mass is 35.5. The lowest BCUT2D eigenvalue weighted by Gasteiger charge is -2.17. The zero-order valence-corrected chi connectivity index (χ0v) is 13.7. The molecule has 0 saturated carbocycles. The molecule has 0 bridgehead atoms. The van der Waals surface area contributed by atoms with Crippen molar-refractivity contribution >= 4 is 23.5 Å². The van der Waals surface area contributed by atoms with Gasteiger partial charge in [0.25, 0.3) is 0 Å². The molecule has 22 heavy (non-hydrogen) atoms. The molecule has 0 spiro atoms. The Labute approximate surface area is 136 Å². The van der Waals surface area contributed by atoms with E-state index in [1.165, 1.54) is 5.56 Å². The maximum Gasteiger partial charge on any atom is 0.124 e. The first-order valence-corrected chi connectivity index (χ1v) is 7.84. The number of rotatable bonds is 6. The summed E-state index contributed by atoms with van der Waals surface area (Å²) in [6.07, 6.45) is 1.63. The highest BCUT2D eigenvalue weighted by Crippen LogP contribution is 2.21. The number of benzene rings is 2. The van der Waals surface area contributed by atoms with Crippen molar-refractivity contribution in [3.8, 4) is 5.75 Å². The van der Waals surface area contributed by atoms with Gasteiger partial charge in [0.2, 0.25) is 0 Å². The molecule has 0 atom stereocenters. The number of phenols is 1. The molecule has 1 N–H and O–H groups in total. The first kappa shape index (κ1) is 16.5. The summed E-state index contributed by atoms with van der Waals surface area (Å²) in [6.45, 7) is 7.38. The lowest BCUT2D eigenvalue weighted by atomic mass is 10.2. The van der Waals surface area contributed by atoms with Crippen molar-refractivity contribution in [2.24, 2.45) is 4.99 Å². The molecule has 116 valence electrons. The second-order valence-corrected chi connectivity index (χ2v) is 5.53. The molecule has 0 aliphatic heterocycles. The highest BCUT2D eigenvalue weighted by Gasteiger charge is 2.01. The van der Waals surface area contributed by atoms with Crippen molar-refractivity contribution < 1.29 is 5.11 Å². The Morgan fingerprint density at radius 3 is 2.41 bits per heavy atom. The van der Waals surface area contributed by atoms with Crippen LogP contribution in [-0.4, -0.2) is 29.3 Å². The third-order valence-corrected chi connectivity index (χ3v) is 3.81. The van der Waals surface area contributed by atoms with Gasteiger partial charge in [0.15, 0.2) is 0 Å². The molecular weight excluding hydrogens is 296 g/mol. The summed E-state index contributed by atoms with van der Waals surface area (Å²) in [5.74, 6) is 0.173. The SMILES string of the molecule is CCN(CC)Cc1ccc(N=Cc2cc(Cl)ccc2O)cc1. The van der Waals surface area contributed by atoms with E-state index in [1.807, 2.05) is 12.1 Å². The first-order valence-electron chi connectivity index (χ1n) is 7.46. The van der Waals surface area contributed by atoms with Gasteiger partial charge in [0.1, 0.15) is 5.75 Å². The van der Waals surface area contributed by atoms with Gasteiger partial charge in [0, 0.05) is 23.3 Å². The number of aliphatic imine (C=N–C) groups is 1. The fourth-order valence-electron chi connectivity index (χ4n) is 2.17. The van der Waals surface area contributed by atoms with E-state index in [4.69, 9.17) is 11.6 Å². The minimum Gasteiger partial charge on any atom is -0.507 e.